The topological polar surface area (TPSA) is 53.6 Å². The van der Waals surface area contributed by atoms with Crippen molar-refractivity contribution in [2.45, 2.75) is 19.4 Å². The van der Waals surface area contributed by atoms with Gasteiger partial charge in [-0.2, -0.15) is 0 Å². The van der Waals surface area contributed by atoms with Crippen LogP contribution in [0.3, 0.4) is 0 Å². The zero-order chi connectivity index (χ0) is 14.4. The van der Waals surface area contributed by atoms with Gasteiger partial charge in [0.15, 0.2) is 5.96 Å². The van der Waals surface area contributed by atoms with Crippen LogP contribution in [-0.4, -0.2) is 37.5 Å². The maximum atomic E-state index is 6.21. The number of halogens is 1. The summed E-state index contributed by atoms with van der Waals surface area (Å²) in [5.74, 6) is 1.21. The molecule has 1 saturated heterocycles. The van der Waals surface area contributed by atoms with Gasteiger partial charge in [0.2, 0.25) is 0 Å². The number of guanidine groups is 1. The molecule has 3 N–H and O–H groups in total. The third-order valence-corrected chi connectivity index (χ3v) is 4.24. The minimum Gasteiger partial charge on any atom is -0.370 e. The number of nitrogens with zero attached hydrogens (tertiary/aromatic N) is 2. The Kier molecular flexibility index (Phi) is 5.68. The maximum Gasteiger partial charge on any atom is 0.188 e. The lowest BCUT2D eigenvalue weighted by Crippen LogP contribution is -2.40. The van der Waals surface area contributed by atoms with Crippen molar-refractivity contribution in [3.8, 4) is 0 Å². The van der Waals surface area contributed by atoms with Crippen LogP contribution in [0.15, 0.2) is 29.3 Å². The SMILES string of the molecule is CN=C(N)NCC1CCN(Cc2ccccc2Cl)CC1. The Labute approximate surface area is 126 Å². The zero-order valence-electron chi connectivity index (χ0n) is 12.0. The van der Waals surface area contributed by atoms with E-state index in [4.69, 9.17) is 17.3 Å². The van der Waals surface area contributed by atoms with Gasteiger partial charge in [-0.1, -0.05) is 29.8 Å². The molecular weight excluding hydrogens is 272 g/mol. The lowest BCUT2D eigenvalue weighted by molar-refractivity contribution is 0.178. The number of piperidine rings is 1. The molecule has 1 aromatic carbocycles. The van der Waals surface area contributed by atoms with Crippen molar-refractivity contribution < 1.29 is 0 Å². The van der Waals surface area contributed by atoms with Crippen molar-refractivity contribution in [3.05, 3.63) is 34.9 Å². The number of likely N-dealkylation sites (tertiary alicyclic amines) is 1. The highest BCUT2D eigenvalue weighted by Crippen LogP contribution is 2.21. The van der Waals surface area contributed by atoms with Crippen LogP contribution in [0.25, 0.3) is 0 Å². The molecule has 0 unspecified atom stereocenters. The summed E-state index contributed by atoms with van der Waals surface area (Å²) in [5, 5.41) is 4.03. The van der Waals surface area contributed by atoms with Crippen molar-refractivity contribution in [1.29, 1.82) is 0 Å². The molecule has 0 aromatic heterocycles. The van der Waals surface area contributed by atoms with Gasteiger partial charge >= 0.3 is 0 Å². The fourth-order valence-corrected chi connectivity index (χ4v) is 2.74. The summed E-state index contributed by atoms with van der Waals surface area (Å²) in [7, 11) is 1.70. The molecule has 0 radical (unpaired) electrons. The lowest BCUT2D eigenvalue weighted by Gasteiger charge is -2.32. The van der Waals surface area contributed by atoms with Crippen LogP contribution >= 0.6 is 11.6 Å². The first-order chi connectivity index (χ1) is 9.69. The first kappa shape index (κ1) is 15.1. The Hall–Kier alpha value is -1.26. The first-order valence-corrected chi connectivity index (χ1v) is 7.48. The Balaban J connectivity index is 1.76. The second kappa shape index (κ2) is 7.50. The largest absolute Gasteiger partial charge is 0.370 e. The Morgan fingerprint density at radius 2 is 2.10 bits per heavy atom. The number of rotatable bonds is 4. The van der Waals surface area contributed by atoms with Gasteiger partial charge in [-0.3, -0.25) is 9.89 Å². The maximum absolute atomic E-state index is 6.21. The van der Waals surface area contributed by atoms with Crippen LogP contribution in [-0.2, 0) is 6.54 Å². The molecule has 2 rings (SSSR count). The number of nitrogens with two attached hydrogens (primary N) is 1. The third-order valence-electron chi connectivity index (χ3n) is 3.87. The predicted molar refractivity (Wildman–Crippen MR) is 85.0 cm³/mol. The second-order valence-corrected chi connectivity index (χ2v) is 5.71. The standard InChI is InChI=1S/C15H23ClN4/c1-18-15(17)19-10-12-6-8-20(9-7-12)11-13-4-2-3-5-14(13)16/h2-5,12H,6-11H2,1H3,(H3,17,18,19). The van der Waals surface area contributed by atoms with Gasteiger partial charge in [0.25, 0.3) is 0 Å². The summed E-state index contributed by atoms with van der Waals surface area (Å²) in [4.78, 5) is 6.38. The summed E-state index contributed by atoms with van der Waals surface area (Å²) in [5.41, 5.74) is 6.87. The molecule has 110 valence electrons. The summed E-state index contributed by atoms with van der Waals surface area (Å²) in [6.45, 7) is 4.09. The fourth-order valence-electron chi connectivity index (χ4n) is 2.54. The van der Waals surface area contributed by atoms with Gasteiger partial charge in [-0.15, -0.1) is 0 Å². The van der Waals surface area contributed by atoms with Gasteiger partial charge in [0.1, 0.15) is 0 Å². The molecule has 1 aliphatic rings. The van der Waals surface area contributed by atoms with E-state index in [0.717, 1.165) is 31.2 Å². The number of hydrogen-bond acceptors (Lipinski definition) is 2. The van der Waals surface area contributed by atoms with Crippen molar-refractivity contribution >= 4 is 17.6 Å². The second-order valence-electron chi connectivity index (χ2n) is 5.30. The normalized spacial score (nSPS) is 18.2. The van der Waals surface area contributed by atoms with E-state index >= 15 is 0 Å². The molecule has 1 aromatic rings. The number of benzene rings is 1. The molecule has 1 aliphatic heterocycles. The molecule has 0 spiro atoms. The highest BCUT2D eigenvalue weighted by Gasteiger charge is 2.19. The van der Waals surface area contributed by atoms with Crippen molar-refractivity contribution in [2.75, 3.05) is 26.7 Å². The van der Waals surface area contributed by atoms with E-state index in [2.05, 4.69) is 21.3 Å². The Bertz CT molecular complexity index is 453. The summed E-state index contributed by atoms with van der Waals surface area (Å²) < 4.78 is 0. The Morgan fingerprint density at radius 1 is 1.40 bits per heavy atom. The average Bonchev–Trinajstić information content (AvgIpc) is 2.48. The summed E-state index contributed by atoms with van der Waals surface area (Å²) in [6.07, 6.45) is 2.38. The van der Waals surface area contributed by atoms with E-state index in [1.807, 2.05) is 18.2 Å². The highest BCUT2D eigenvalue weighted by atomic mass is 35.5. The van der Waals surface area contributed by atoms with Crippen LogP contribution < -0.4 is 11.1 Å². The number of hydrogen-bond donors (Lipinski definition) is 2. The molecular formula is C15H23ClN4. The number of aliphatic imine (C=N–C) groups is 1. The molecule has 0 aliphatic carbocycles. The molecule has 4 nitrogen and oxygen atoms in total. The third kappa shape index (κ3) is 4.39. The summed E-state index contributed by atoms with van der Waals surface area (Å²) >= 11 is 6.21. The zero-order valence-corrected chi connectivity index (χ0v) is 12.7. The molecule has 20 heavy (non-hydrogen) atoms. The fraction of sp³-hybridized carbons (Fsp3) is 0.533. The van der Waals surface area contributed by atoms with Crippen LogP contribution in [0.4, 0.5) is 0 Å². The molecule has 0 amide bonds. The van der Waals surface area contributed by atoms with E-state index in [-0.39, 0.29) is 0 Å². The van der Waals surface area contributed by atoms with Crippen molar-refractivity contribution in [1.82, 2.24) is 10.2 Å². The first-order valence-electron chi connectivity index (χ1n) is 7.11. The Morgan fingerprint density at radius 3 is 2.75 bits per heavy atom. The van der Waals surface area contributed by atoms with Crippen molar-refractivity contribution in [2.24, 2.45) is 16.6 Å². The van der Waals surface area contributed by atoms with Gasteiger partial charge < -0.3 is 11.1 Å². The van der Waals surface area contributed by atoms with Crippen LogP contribution in [0.5, 0.6) is 0 Å². The van der Waals surface area contributed by atoms with Crippen molar-refractivity contribution in [3.63, 3.8) is 0 Å². The quantitative estimate of drug-likeness (QED) is 0.660. The molecule has 0 atom stereocenters. The van der Waals surface area contributed by atoms with E-state index in [0.29, 0.717) is 11.9 Å². The minimum absolute atomic E-state index is 0.531. The monoisotopic (exact) mass is 294 g/mol. The van der Waals surface area contributed by atoms with E-state index in [9.17, 15) is 0 Å². The van der Waals surface area contributed by atoms with Gasteiger partial charge in [0, 0.05) is 25.2 Å². The van der Waals surface area contributed by atoms with Gasteiger partial charge in [-0.05, 0) is 43.5 Å². The van der Waals surface area contributed by atoms with Crippen LogP contribution in [0, 0.1) is 5.92 Å². The molecule has 1 heterocycles. The smallest absolute Gasteiger partial charge is 0.188 e. The molecule has 5 heteroatoms. The predicted octanol–water partition coefficient (Wildman–Crippen LogP) is 2.09. The summed E-state index contributed by atoms with van der Waals surface area (Å²) in [6, 6.07) is 8.09. The van der Waals surface area contributed by atoms with E-state index in [1.165, 1.54) is 18.4 Å². The van der Waals surface area contributed by atoms with E-state index in [1.54, 1.807) is 7.05 Å². The lowest BCUT2D eigenvalue weighted by atomic mass is 9.96. The number of nitrogens with one attached hydrogen (secondary N) is 1. The van der Waals surface area contributed by atoms with Gasteiger partial charge in [-0.25, -0.2) is 0 Å². The molecule has 0 saturated carbocycles. The highest BCUT2D eigenvalue weighted by molar-refractivity contribution is 6.31. The molecule has 1 fully saturated rings. The average molecular weight is 295 g/mol. The van der Waals surface area contributed by atoms with Crippen LogP contribution in [0.2, 0.25) is 5.02 Å². The molecule has 0 bridgehead atoms. The van der Waals surface area contributed by atoms with E-state index < -0.39 is 0 Å². The van der Waals surface area contributed by atoms with Crippen LogP contribution in [0.1, 0.15) is 18.4 Å². The van der Waals surface area contributed by atoms with Gasteiger partial charge in [0.05, 0.1) is 0 Å². The minimum atomic E-state index is 0.531.